The number of carbonyl (C=O) groups is 2. The molecule has 0 fully saturated rings. The highest BCUT2D eigenvalue weighted by Crippen LogP contribution is 2.46. The highest BCUT2D eigenvalue weighted by molar-refractivity contribution is 7.19. The Morgan fingerprint density at radius 1 is 0.514 bits per heavy atom. The van der Waals surface area contributed by atoms with Gasteiger partial charge in [0.2, 0.25) is 0 Å². The number of hydrogen-bond acceptors (Lipinski definition) is 6. The number of nitriles is 1. The third-order valence-corrected chi connectivity index (χ3v) is 16.4. The molecular formula is C65H62N2O3S2. The Hall–Kier alpha value is -7.11. The molecule has 0 bridgehead atoms. The van der Waals surface area contributed by atoms with Crippen LogP contribution in [0, 0.1) is 11.3 Å². The standard InChI is InChI=1S/C65H62N2O3S2/c1-3-5-7-9-11-15-21-50-42-60(71-63(50)46-29-27-45(28-30-46)39-52(44-66)65(69)70)48-33-37-56-57-38-34-49(41-59(57)62(68)58(56)40-48)61-43-51(22-16-12-10-8-6-4-2)64(72-61)47-31-35-55(36-32-47)67(53-23-17-13-18-24-53)54-25-19-14-20-26-54/h13-14,17-20,23-43H,3-12,15-16,21-22H2,1-2H3,(H,69,70)/b52-39+. The lowest BCUT2D eigenvalue weighted by molar-refractivity contribution is -0.132. The van der Waals surface area contributed by atoms with Gasteiger partial charge in [0.15, 0.2) is 5.78 Å². The predicted octanol–water partition coefficient (Wildman–Crippen LogP) is 19.0. The predicted molar refractivity (Wildman–Crippen MR) is 303 cm³/mol. The molecule has 0 radical (unpaired) electrons. The van der Waals surface area contributed by atoms with Crippen molar-refractivity contribution >= 4 is 57.6 Å². The van der Waals surface area contributed by atoms with Crippen LogP contribution in [0.4, 0.5) is 17.1 Å². The number of aryl methyl sites for hydroxylation is 2. The summed E-state index contributed by atoms with van der Waals surface area (Å²) in [5.74, 6) is -1.17. The number of carboxylic acid groups (broad SMARTS) is 1. The van der Waals surface area contributed by atoms with E-state index >= 15 is 0 Å². The molecule has 1 aliphatic carbocycles. The van der Waals surface area contributed by atoms with E-state index in [0.29, 0.717) is 5.56 Å². The zero-order valence-corrected chi connectivity index (χ0v) is 43.1. The van der Waals surface area contributed by atoms with Crippen molar-refractivity contribution in [1.82, 2.24) is 0 Å². The van der Waals surface area contributed by atoms with Crippen molar-refractivity contribution in [1.29, 1.82) is 5.26 Å². The number of para-hydroxylation sites is 2. The van der Waals surface area contributed by atoms with Crippen molar-refractivity contribution in [3.8, 4) is 59.0 Å². The van der Waals surface area contributed by atoms with Crippen molar-refractivity contribution in [2.45, 2.75) is 104 Å². The topological polar surface area (TPSA) is 81.4 Å². The molecule has 1 N–H and O–H groups in total. The number of benzene rings is 6. The maximum absolute atomic E-state index is 14.5. The summed E-state index contributed by atoms with van der Waals surface area (Å²) in [6.45, 7) is 4.51. The first-order chi connectivity index (χ1) is 35.3. The number of fused-ring (bicyclic) bond motifs is 3. The first kappa shape index (κ1) is 49.9. The van der Waals surface area contributed by atoms with Crippen LogP contribution in [-0.4, -0.2) is 16.9 Å². The van der Waals surface area contributed by atoms with Gasteiger partial charge in [-0.3, -0.25) is 4.79 Å². The van der Waals surface area contributed by atoms with Gasteiger partial charge in [0.05, 0.1) is 0 Å². The second kappa shape index (κ2) is 23.9. The molecule has 2 heterocycles. The number of ketones is 1. The van der Waals surface area contributed by atoms with Gasteiger partial charge in [-0.25, -0.2) is 4.79 Å². The van der Waals surface area contributed by atoms with Crippen LogP contribution in [0.2, 0.25) is 0 Å². The van der Waals surface area contributed by atoms with E-state index in [1.165, 1.54) is 102 Å². The van der Waals surface area contributed by atoms with E-state index in [2.05, 4.69) is 152 Å². The lowest BCUT2D eigenvalue weighted by atomic mass is 9.99. The zero-order valence-electron chi connectivity index (χ0n) is 41.5. The lowest BCUT2D eigenvalue weighted by Gasteiger charge is -2.25. The number of thiophene rings is 2. The third-order valence-electron chi connectivity index (χ3n) is 13.9. The molecule has 1 aliphatic rings. The number of anilines is 3. The maximum Gasteiger partial charge on any atom is 0.346 e. The Labute approximate surface area is 433 Å². The summed E-state index contributed by atoms with van der Waals surface area (Å²) in [5.41, 5.74) is 14.2. The molecule has 7 heteroatoms. The largest absolute Gasteiger partial charge is 0.477 e. The molecule has 2 aromatic heterocycles. The minimum atomic E-state index is -1.24. The molecule has 8 aromatic rings. The van der Waals surface area contributed by atoms with E-state index in [9.17, 15) is 20.0 Å². The molecule has 0 saturated carbocycles. The van der Waals surface area contributed by atoms with Gasteiger partial charge in [0, 0.05) is 47.7 Å². The van der Waals surface area contributed by atoms with E-state index < -0.39 is 5.97 Å². The zero-order chi connectivity index (χ0) is 49.8. The van der Waals surface area contributed by atoms with E-state index in [1.807, 2.05) is 35.6 Å². The van der Waals surface area contributed by atoms with Crippen molar-refractivity contribution < 1.29 is 14.7 Å². The second-order valence-electron chi connectivity index (χ2n) is 19.0. The van der Waals surface area contributed by atoms with E-state index in [4.69, 9.17) is 0 Å². The summed E-state index contributed by atoms with van der Waals surface area (Å²) >= 11 is 3.56. The molecule has 72 heavy (non-hydrogen) atoms. The molecule has 362 valence electrons. The number of carboxylic acids is 1. The van der Waals surface area contributed by atoms with Gasteiger partial charge in [-0.05, 0) is 142 Å². The summed E-state index contributed by atoms with van der Waals surface area (Å²) in [6.07, 6.45) is 18.1. The Morgan fingerprint density at radius 2 is 0.931 bits per heavy atom. The Balaban J connectivity index is 0.994. The van der Waals surface area contributed by atoms with Crippen LogP contribution >= 0.6 is 22.7 Å². The van der Waals surface area contributed by atoms with Gasteiger partial charge >= 0.3 is 5.97 Å². The SMILES string of the molecule is CCCCCCCCc1cc(-c2ccc3c(c2)C(=O)c2cc(-c4cc(CCCCCCCC)c(-c5ccc(N(c6ccccc6)c6ccccc6)cc5)s4)ccc2-3)sc1-c1ccc(/C=C(\C#N)C(=O)O)cc1. The monoisotopic (exact) mass is 982 g/mol. The van der Waals surface area contributed by atoms with Crippen molar-refractivity contribution in [3.05, 3.63) is 191 Å². The molecule has 9 rings (SSSR count). The average Bonchev–Trinajstić information content (AvgIpc) is 4.12. The van der Waals surface area contributed by atoms with Gasteiger partial charge in [0.25, 0.3) is 0 Å². The summed E-state index contributed by atoms with van der Waals surface area (Å²) in [5, 5.41) is 18.7. The molecule has 0 aliphatic heterocycles. The number of rotatable bonds is 23. The number of hydrogen-bond donors (Lipinski definition) is 1. The average molecular weight is 983 g/mol. The number of carbonyl (C=O) groups excluding carboxylic acids is 1. The van der Waals surface area contributed by atoms with Crippen molar-refractivity contribution in [2.75, 3.05) is 4.90 Å². The lowest BCUT2D eigenvalue weighted by Crippen LogP contribution is -2.09. The van der Waals surface area contributed by atoms with E-state index in [0.717, 1.165) is 86.6 Å². The smallest absolute Gasteiger partial charge is 0.346 e. The number of nitrogens with zero attached hydrogens (tertiary/aromatic N) is 2. The van der Waals surface area contributed by atoms with Crippen LogP contribution in [0.1, 0.15) is 124 Å². The van der Waals surface area contributed by atoms with Crippen LogP contribution in [0.15, 0.2) is 163 Å². The molecule has 0 atom stereocenters. The summed E-state index contributed by atoms with van der Waals surface area (Å²) in [4.78, 5) is 33.1. The fourth-order valence-corrected chi connectivity index (χ4v) is 12.4. The number of unbranched alkanes of at least 4 members (excludes halogenated alkanes) is 10. The molecular weight excluding hydrogens is 921 g/mol. The van der Waals surface area contributed by atoms with Crippen LogP contribution in [-0.2, 0) is 17.6 Å². The normalized spacial score (nSPS) is 11.9. The molecule has 6 aromatic carbocycles. The van der Waals surface area contributed by atoms with Crippen LogP contribution in [0.25, 0.3) is 59.0 Å². The fraction of sp³-hybridized carbons (Fsp3) is 0.246. The maximum atomic E-state index is 14.5. The molecule has 5 nitrogen and oxygen atoms in total. The van der Waals surface area contributed by atoms with Gasteiger partial charge in [-0.15, -0.1) is 22.7 Å². The minimum absolute atomic E-state index is 0.0654. The highest BCUT2D eigenvalue weighted by atomic mass is 32.1. The van der Waals surface area contributed by atoms with Crippen LogP contribution in [0.5, 0.6) is 0 Å². The second-order valence-corrected chi connectivity index (χ2v) is 21.1. The summed E-state index contributed by atoms with van der Waals surface area (Å²) in [7, 11) is 0. The van der Waals surface area contributed by atoms with Crippen molar-refractivity contribution in [2.24, 2.45) is 0 Å². The Morgan fingerprint density at radius 3 is 1.38 bits per heavy atom. The Bertz CT molecular complexity index is 3170. The molecule has 0 amide bonds. The van der Waals surface area contributed by atoms with E-state index in [1.54, 1.807) is 17.4 Å². The molecule has 0 saturated heterocycles. The van der Waals surface area contributed by atoms with Crippen LogP contribution < -0.4 is 4.90 Å². The Kier molecular flexibility index (Phi) is 16.5. The fourth-order valence-electron chi connectivity index (χ4n) is 9.98. The molecule has 0 spiro atoms. The quantitative estimate of drug-likeness (QED) is 0.0392. The highest BCUT2D eigenvalue weighted by Gasteiger charge is 2.29. The van der Waals surface area contributed by atoms with Gasteiger partial charge < -0.3 is 10.0 Å². The minimum Gasteiger partial charge on any atom is -0.477 e. The number of aliphatic carboxylic acids is 1. The van der Waals surface area contributed by atoms with E-state index in [-0.39, 0.29) is 11.4 Å². The first-order valence-corrected chi connectivity index (χ1v) is 27.5. The third kappa shape index (κ3) is 11.5. The van der Waals surface area contributed by atoms with Gasteiger partial charge in [-0.1, -0.05) is 175 Å². The summed E-state index contributed by atoms with van der Waals surface area (Å²) in [6, 6.07) is 57.2. The van der Waals surface area contributed by atoms with Gasteiger partial charge in [-0.2, -0.15) is 5.26 Å². The van der Waals surface area contributed by atoms with Crippen molar-refractivity contribution in [3.63, 3.8) is 0 Å². The van der Waals surface area contributed by atoms with Gasteiger partial charge in [0.1, 0.15) is 11.6 Å². The first-order valence-electron chi connectivity index (χ1n) is 25.9. The molecule has 0 unspecified atom stereocenters. The summed E-state index contributed by atoms with van der Waals surface area (Å²) < 4.78 is 0. The van der Waals surface area contributed by atoms with Crippen LogP contribution in [0.3, 0.4) is 0 Å².